The van der Waals surface area contributed by atoms with Crippen molar-refractivity contribution in [1.29, 1.82) is 0 Å². The van der Waals surface area contributed by atoms with Crippen LogP contribution < -0.4 is 10.0 Å². The Morgan fingerprint density at radius 3 is 2.13 bits per heavy atom. The van der Waals surface area contributed by atoms with Crippen molar-refractivity contribution in [3.8, 4) is 11.1 Å². The van der Waals surface area contributed by atoms with Gasteiger partial charge in [-0.2, -0.15) is 4.72 Å². The monoisotopic (exact) mass is 842 g/mol. The smallest absolute Gasteiger partial charge is 0.335 e. The van der Waals surface area contributed by atoms with Crippen molar-refractivity contribution in [1.82, 2.24) is 10.0 Å². The van der Waals surface area contributed by atoms with E-state index in [9.17, 15) is 28.2 Å². The molecular formula is C48H46N2O8S2. The summed E-state index contributed by atoms with van der Waals surface area (Å²) in [6.07, 6.45) is -0.391. The van der Waals surface area contributed by atoms with Gasteiger partial charge in [0.25, 0.3) is 0 Å². The van der Waals surface area contributed by atoms with Crippen LogP contribution in [0.4, 0.5) is 0 Å². The Labute approximate surface area is 354 Å². The molecule has 4 unspecified atom stereocenters. The number of thioether (sulfide) groups is 1. The third kappa shape index (κ3) is 11.2. The molecule has 10 nitrogen and oxygen atoms in total. The Kier molecular flexibility index (Phi) is 13.9. The number of aromatic carboxylic acids is 1. The molecule has 60 heavy (non-hydrogen) atoms. The van der Waals surface area contributed by atoms with Crippen molar-refractivity contribution in [3.63, 3.8) is 0 Å². The van der Waals surface area contributed by atoms with Gasteiger partial charge in [-0.1, -0.05) is 109 Å². The predicted molar refractivity (Wildman–Crippen MR) is 232 cm³/mol. The number of carbonyl (C=O) groups excluding carboxylic acids is 1. The van der Waals surface area contributed by atoms with Crippen molar-refractivity contribution >= 4 is 33.7 Å². The number of amides is 1. The number of sulfonamides is 1. The van der Waals surface area contributed by atoms with Crippen LogP contribution in [0.3, 0.4) is 0 Å². The molecule has 0 aliphatic carbocycles. The molecule has 1 aliphatic rings. The number of hydrogen-bond acceptors (Lipinski definition) is 8. The molecule has 1 fully saturated rings. The Hall–Kier alpha value is -5.60. The molecule has 0 spiro atoms. The van der Waals surface area contributed by atoms with Gasteiger partial charge in [0.15, 0.2) is 6.29 Å². The summed E-state index contributed by atoms with van der Waals surface area (Å²) < 4.78 is 42.6. The third-order valence-electron chi connectivity index (χ3n) is 10.3. The fraction of sp³-hybridized carbons (Fsp3) is 0.208. The van der Waals surface area contributed by atoms with Crippen LogP contribution >= 0.6 is 11.8 Å². The summed E-state index contributed by atoms with van der Waals surface area (Å²) in [7, 11) is -3.99. The van der Waals surface area contributed by atoms with E-state index >= 15 is 0 Å². The fourth-order valence-electron chi connectivity index (χ4n) is 6.95. The molecule has 12 heteroatoms. The standard InChI is InChI=1S/C48H46N2O8S2/c1-32-13-23-43(24-14-32)60(55,56)50-44(26-33-7-3-2-4-8-33)46(52)49-29-35-9-5-10-38(25-35)39-11-6-12-40(27-39)48-57-41(31-59-42-21-19-37(20-22-42)47(53)54)28-45(58-48)36-17-15-34(30-51)16-18-36/h2-25,27,41,44-45,48,50-51H,26,28-31H2,1H3,(H,49,52)(H,53,54). The van der Waals surface area contributed by atoms with Crippen molar-refractivity contribution in [2.45, 2.75) is 67.2 Å². The van der Waals surface area contributed by atoms with E-state index in [1.807, 2.05) is 110 Å². The maximum Gasteiger partial charge on any atom is 0.335 e. The van der Waals surface area contributed by atoms with Crippen LogP contribution in [0, 0.1) is 6.92 Å². The number of aryl methyl sites for hydroxylation is 1. The number of carboxylic acids is 1. The van der Waals surface area contributed by atoms with Crippen LogP contribution in [0.5, 0.6) is 0 Å². The van der Waals surface area contributed by atoms with Gasteiger partial charge >= 0.3 is 5.97 Å². The molecule has 7 rings (SSSR count). The predicted octanol–water partition coefficient (Wildman–Crippen LogP) is 8.40. The molecule has 0 saturated carbocycles. The van der Waals surface area contributed by atoms with Crippen LogP contribution in [0.15, 0.2) is 161 Å². The van der Waals surface area contributed by atoms with Crippen molar-refractivity contribution in [2.75, 3.05) is 5.75 Å². The molecule has 0 bridgehead atoms. The highest BCUT2D eigenvalue weighted by molar-refractivity contribution is 7.99. The molecule has 4 N–H and O–H groups in total. The minimum Gasteiger partial charge on any atom is -0.478 e. The molecule has 1 aliphatic heterocycles. The summed E-state index contributed by atoms with van der Waals surface area (Å²) in [4.78, 5) is 26.1. The summed E-state index contributed by atoms with van der Waals surface area (Å²) in [6, 6.07) is 45.0. The highest BCUT2D eigenvalue weighted by Crippen LogP contribution is 2.40. The van der Waals surface area contributed by atoms with Crippen molar-refractivity contribution in [3.05, 3.63) is 191 Å². The quantitative estimate of drug-likeness (QED) is 0.0705. The van der Waals surface area contributed by atoms with E-state index in [2.05, 4.69) is 10.0 Å². The maximum atomic E-state index is 13.7. The van der Waals surface area contributed by atoms with Crippen LogP contribution in [-0.4, -0.2) is 48.4 Å². The number of aliphatic hydroxyl groups is 1. The Morgan fingerprint density at radius 1 is 0.750 bits per heavy atom. The van der Waals surface area contributed by atoms with Gasteiger partial charge in [0, 0.05) is 29.2 Å². The number of benzene rings is 6. The molecule has 6 aromatic rings. The first-order chi connectivity index (χ1) is 29.0. The lowest BCUT2D eigenvalue weighted by atomic mass is 9.99. The van der Waals surface area contributed by atoms with Crippen LogP contribution in [0.25, 0.3) is 11.1 Å². The summed E-state index contributed by atoms with van der Waals surface area (Å²) >= 11 is 1.59. The Balaban J connectivity index is 1.06. The zero-order chi connectivity index (χ0) is 42.1. The second kappa shape index (κ2) is 19.6. The molecule has 308 valence electrons. The minimum absolute atomic E-state index is 0.0529. The number of carbonyl (C=O) groups is 2. The largest absolute Gasteiger partial charge is 0.478 e. The second-order valence-electron chi connectivity index (χ2n) is 14.7. The summed E-state index contributed by atoms with van der Waals surface area (Å²) in [5.41, 5.74) is 7.24. The van der Waals surface area contributed by atoms with Gasteiger partial charge in [-0.3, -0.25) is 4.79 Å². The first-order valence-electron chi connectivity index (χ1n) is 19.6. The normalized spacial score (nSPS) is 17.1. The van der Waals surface area contributed by atoms with Gasteiger partial charge in [0.2, 0.25) is 15.9 Å². The Morgan fingerprint density at radius 2 is 1.43 bits per heavy atom. The van der Waals surface area contributed by atoms with E-state index < -0.39 is 34.2 Å². The molecule has 6 aromatic carbocycles. The van der Waals surface area contributed by atoms with E-state index in [0.29, 0.717) is 12.2 Å². The molecule has 0 aromatic heterocycles. The molecule has 4 atom stereocenters. The summed E-state index contributed by atoms with van der Waals surface area (Å²) in [5, 5.41) is 21.9. The van der Waals surface area contributed by atoms with Crippen molar-refractivity contribution in [2.24, 2.45) is 0 Å². The van der Waals surface area contributed by atoms with E-state index in [1.165, 1.54) is 12.1 Å². The van der Waals surface area contributed by atoms with E-state index in [4.69, 9.17) is 9.47 Å². The topological polar surface area (TPSA) is 151 Å². The zero-order valence-corrected chi connectivity index (χ0v) is 34.6. The van der Waals surface area contributed by atoms with Crippen molar-refractivity contribution < 1.29 is 37.7 Å². The zero-order valence-electron chi connectivity index (χ0n) is 32.9. The number of ether oxygens (including phenoxy) is 2. The summed E-state index contributed by atoms with van der Waals surface area (Å²) in [6.45, 7) is 2.00. The average Bonchev–Trinajstić information content (AvgIpc) is 3.28. The summed E-state index contributed by atoms with van der Waals surface area (Å²) in [5.74, 6) is -0.799. The minimum atomic E-state index is -3.99. The van der Waals surface area contributed by atoms with Gasteiger partial charge in [0.1, 0.15) is 6.04 Å². The van der Waals surface area contributed by atoms with Gasteiger partial charge in [0.05, 0.1) is 29.3 Å². The third-order valence-corrected chi connectivity index (χ3v) is 12.9. The number of hydrogen-bond donors (Lipinski definition) is 4. The number of rotatable bonds is 16. The lowest BCUT2D eigenvalue weighted by Gasteiger charge is -2.36. The highest BCUT2D eigenvalue weighted by atomic mass is 32.2. The van der Waals surface area contributed by atoms with Gasteiger partial charge < -0.3 is 25.0 Å². The SMILES string of the molecule is Cc1ccc(S(=O)(=O)NC(Cc2ccccc2)C(=O)NCc2cccc(-c3cccc(C4OC(CSc5ccc(C(=O)O)cc5)CC(c5ccc(CO)cc5)O4)c3)c2)cc1. The van der Waals surface area contributed by atoms with E-state index in [0.717, 1.165) is 49.4 Å². The first kappa shape index (κ1) is 42.5. The maximum absolute atomic E-state index is 13.7. The lowest BCUT2D eigenvalue weighted by molar-refractivity contribution is -0.245. The molecule has 1 amide bonds. The average molecular weight is 843 g/mol. The van der Waals surface area contributed by atoms with Gasteiger partial charge in [-0.25, -0.2) is 13.2 Å². The highest BCUT2D eigenvalue weighted by Gasteiger charge is 2.33. The van der Waals surface area contributed by atoms with Crippen LogP contribution in [0.2, 0.25) is 0 Å². The molecule has 1 saturated heterocycles. The first-order valence-corrected chi connectivity index (χ1v) is 22.1. The lowest BCUT2D eigenvalue weighted by Crippen LogP contribution is -2.47. The number of nitrogens with one attached hydrogen (secondary N) is 2. The molecule has 0 radical (unpaired) electrons. The van der Waals surface area contributed by atoms with E-state index in [1.54, 1.807) is 48.2 Å². The second-order valence-corrected chi connectivity index (χ2v) is 17.5. The van der Waals surface area contributed by atoms with Crippen LogP contribution in [-0.2, 0) is 43.9 Å². The van der Waals surface area contributed by atoms with Crippen LogP contribution in [0.1, 0.15) is 62.6 Å². The number of carboxylic acid groups (broad SMARTS) is 1. The molecular weight excluding hydrogens is 797 g/mol. The van der Waals surface area contributed by atoms with Gasteiger partial charge in [-0.05, 0) is 95.3 Å². The fourth-order valence-corrected chi connectivity index (χ4v) is 9.07. The Bertz CT molecular complexity index is 2500. The number of aliphatic hydroxyl groups excluding tert-OH is 1. The van der Waals surface area contributed by atoms with Gasteiger partial charge in [-0.15, -0.1) is 11.8 Å². The van der Waals surface area contributed by atoms with E-state index in [-0.39, 0.29) is 42.2 Å². The molecule has 1 heterocycles.